The Labute approximate surface area is 130 Å². The molecule has 7 nitrogen and oxygen atoms in total. The van der Waals surface area contributed by atoms with E-state index < -0.39 is 5.54 Å². The summed E-state index contributed by atoms with van der Waals surface area (Å²) in [4.78, 5) is 19.0. The zero-order valence-electron chi connectivity index (χ0n) is 13.3. The van der Waals surface area contributed by atoms with Crippen LogP contribution in [0, 0.1) is 0 Å². The average molecular weight is 308 g/mol. The first-order valence-corrected chi connectivity index (χ1v) is 7.98. The largest absolute Gasteiger partial charge is 0.382 e. The summed E-state index contributed by atoms with van der Waals surface area (Å²) in [6.07, 6.45) is 5.26. The molecule has 22 heavy (non-hydrogen) atoms. The van der Waals surface area contributed by atoms with Crippen LogP contribution in [0.2, 0.25) is 0 Å². The van der Waals surface area contributed by atoms with Gasteiger partial charge in [-0.25, -0.2) is 0 Å². The van der Waals surface area contributed by atoms with Crippen molar-refractivity contribution in [2.45, 2.75) is 50.1 Å². The minimum atomic E-state index is -0.624. The number of amides is 1. The third kappa shape index (κ3) is 2.63. The van der Waals surface area contributed by atoms with Crippen LogP contribution in [0.15, 0.2) is 4.52 Å². The van der Waals surface area contributed by atoms with Gasteiger partial charge in [0.15, 0.2) is 5.82 Å². The molecule has 122 valence electrons. The van der Waals surface area contributed by atoms with Crippen molar-refractivity contribution in [3.8, 4) is 0 Å². The van der Waals surface area contributed by atoms with Crippen LogP contribution in [0.25, 0.3) is 0 Å². The van der Waals surface area contributed by atoms with Crippen LogP contribution >= 0.6 is 0 Å². The fourth-order valence-corrected chi connectivity index (χ4v) is 3.45. The first kappa shape index (κ1) is 15.4. The number of aromatic nitrogens is 2. The monoisotopic (exact) mass is 308 g/mol. The van der Waals surface area contributed by atoms with Gasteiger partial charge in [-0.1, -0.05) is 11.6 Å². The molecule has 1 unspecified atom stereocenters. The van der Waals surface area contributed by atoms with Crippen LogP contribution in [0.5, 0.6) is 0 Å². The molecule has 2 aliphatic rings. The highest BCUT2D eigenvalue weighted by molar-refractivity contribution is 5.86. The molecule has 7 heteroatoms. The predicted molar refractivity (Wildman–Crippen MR) is 79.2 cm³/mol. The molecule has 1 amide bonds. The van der Waals surface area contributed by atoms with Crippen molar-refractivity contribution >= 4 is 5.91 Å². The molecule has 0 radical (unpaired) electrons. The molecule has 0 bridgehead atoms. The molecule has 1 saturated carbocycles. The highest BCUT2D eigenvalue weighted by Crippen LogP contribution is 2.36. The molecule has 1 N–H and O–H groups in total. The third-order valence-electron chi connectivity index (χ3n) is 4.93. The van der Waals surface area contributed by atoms with E-state index in [-0.39, 0.29) is 5.91 Å². The minimum Gasteiger partial charge on any atom is -0.382 e. The summed E-state index contributed by atoms with van der Waals surface area (Å²) in [6, 6.07) is 0. The van der Waals surface area contributed by atoms with Gasteiger partial charge in [-0.15, -0.1) is 0 Å². The number of carbonyl (C=O) groups is 1. The standard InChI is InChI=1S/C15H24N4O3/c1-16-14(20)15(10-21-2)7-4-8-19(15)9-12-17-13(22-18-12)11-5-3-6-11/h11H,3-10H2,1-2H3,(H,16,20). The summed E-state index contributed by atoms with van der Waals surface area (Å²) in [5.41, 5.74) is -0.624. The van der Waals surface area contributed by atoms with Crippen LogP contribution in [0.1, 0.15) is 49.7 Å². The van der Waals surface area contributed by atoms with E-state index in [0.717, 1.165) is 38.1 Å². The van der Waals surface area contributed by atoms with E-state index in [9.17, 15) is 4.79 Å². The molecular formula is C15H24N4O3. The molecule has 1 aliphatic heterocycles. The molecular weight excluding hydrogens is 284 g/mol. The number of hydrogen-bond donors (Lipinski definition) is 1. The van der Waals surface area contributed by atoms with Crippen LogP contribution in [0.4, 0.5) is 0 Å². The number of likely N-dealkylation sites (tertiary alicyclic amines) is 1. The molecule has 3 rings (SSSR count). The number of methoxy groups -OCH3 is 1. The molecule has 1 aliphatic carbocycles. The molecule has 1 aromatic rings. The third-order valence-corrected chi connectivity index (χ3v) is 4.93. The summed E-state index contributed by atoms with van der Waals surface area (Å²) in [7, 11) is 3.30. The zero-order chi connectivity index (χ0) is 15.6. The van der Waals surface area contributed by atoms with Gasteiger partial charge in [0.05, 0.1) is 13.2 Å². The van der Waals surface area contributed by atoms with Crippen molar-refractivity contribution < 1.29 is 14.1 Å². The van der Waals surface area contributed by atoms with Gasteiger partial charge >= 0.3 is 0 Å². The maximum atomic E-state index is 12.4. The number of carbonyl (C=O) groups excluding carboxylic acids is 1. The highest BCUT2D eigenvalue weighted by Gasteiger charge is 2.47. The van der Waals surface area contributed by atoms with Crippen molar-refractivity contribution in [3.63, 3.8) is 0 Å². The van der Waals surface area contributed by atoms with E-state index in [1.54, 1.807) is 14.2 Å². The summed E-state index contributed by atoms with van der Waals surface area (Å²) in [5.74, 6) is 1.84. The first-order valence-electron chi connectivity index (χ1n) is 7.98. The van der Waals surface area contributed by atoms with Crippen LogP contribution in [-0.2, 0) is 16.1 Å². The lowest BCUT2D eigenvalue weighted by Crippen LogP contribution is -2.57. The van der Waals surface area contributed by atoms with E-state index in [0.29, 0.717) is 24.9 Å². The lowest BCUT2D eigenvalue weighted by Gasteiger charge is -2.35. The molecule has 1 aromatic heterocycles. The van der Waals surface area contributed by atoms with E-state index in [2.05, 4.69) is 20.4 Å². The summed E-state index contributed by atoms with van der Waals surface area (Å²) in [5, 5.41) is 6.86. The SMILES string of the molecule is CNC(=O)C1(COC)CCCN1Cc1noc(C2CCC2)n1. The number of rotatable bonds is 6. The molecule has 0 spiro atoms. The van der Waals surface area contributed by atoms with Crippen molar-refractivity contribution in [2.24, 2.45) is 0 Å². The Bertz CT molecular complexity index is 529. The van der Waals surface area contributed by atoms with Gasteiger partial charge in [0, 0.05) is 20.1 Å². The Hall–Kier alpha value is -1.47. The predicted octanol–water partition coefficient (Wildman–Crippen LogP) is 1.06. The van der Waals surface area contributed by atoms with Gasteiger partial charge < -0.3 is 14.6 Å². The Morgan fingerprint density at radius 1 is 1.50 bits per heavy atom. The number of ether oxygens (including phenoxy) is 1. The molecule has 2 fully saturated rings. The Kier molecular flexibility index (Phi) is 4.44. The van der Waals surface area contributed by atoms with Gasteiger partial charge in [-0.05, 0) is 32.2 Å². The first-order chi connectivity index (χ1) is 10.7. The van der Waals surface area contributed by atoms with Gasteiger partial charge in [-0.2, -0.15) is 4.98 Å². The molecule has 0 aromatic carbocycles. The van der Waals surface area contributed by atoms with Crippen LogP contribution in [0.3, 0.4) is 0 Å². The van der Waals surface area contributed by atoms with E-state index in [1.165, 1.54) is 6.42 Å². The van der Waals surface area contributed by atoms with Gasteiger partial charge in [-0.3, -0.25) is 9.69 Å². The quantitative estimate of drug-likeness (QED) is 0.846. The Balaban J connectivity index is 1.74. The molecule has 2 heterocycles. The van der Waals surface area contributed by atoms with Crippen LogP contribution < -0.4 is 5.32 Å². The van der Waals surface area contributed by atoms with Crippen molar-refractivity contribution in [3.05, 3.63) is 11.7 Å². The van der Waals surface area contributed by atoms with Gasteiger partial charge in [0.25, 0.3) is 0 Å². The van der Waals surface area contributed by atoms with E-state index in [4.69, 9.17) is 9.26 Å². The van der Waals surface area contributed by atoms with Crippen LogP contribution in [-0.4, -0.2) is 53.8 Å². The maximum Gasteiger partial charge on any atom is 0.242 e. The van der Waals surface area contributed by atoms with Gasteiger partial charge in [0.1, 0.15) is 5.54 Å². The van der Waals surface area contributed by atoms with Gasteiger partial charge in [0.2, 0.25) is 11.8 Å². The molecule has 1 atom stereocenters. The second-order valence-corrected chi connectivity index (χ2v) is 6.25. The average Bonchev–Trinajstić information content (AvgIpc) is 3.06. The summed E-state index contributed by atoms with van der Waals surface area (Å²) >= 11 is 0. The second kappa shape index (κ2) is 6.34. The summed E-state index contributed by atoms with van der Waals surface area (Å²) in [6.45, 7) is 1.73. The van der Waals surface area contributed by atoms with Crippen molar-refractivity contribution in [1.29, 1.82) is 0 Å². The lowest BCUT2D eigenvalue weighted by atomic mass is 9.85. The normalized spacial score (nSPS) is 26.1. The van der Waals surface area contributed by atoms with Crippen molar-refractivity contribution in [2.75, 3.05) is 27.3 Å². The smallest absolute Gasteiger partial charge is 0.242 e. The fourth-order valence-electron chi connectivity index (χ4n) is 3.45. The van der Waals surface area contributed by atoms with Crippen molar-refractivity contribution in [1.82, 2.24) is 20.4 Å². The number of hydrogen-bond acceptors (Lipinski definition) is 6. The Morgan fingerprint density at radius 2 is 2.32 bits per heavy atom. The number of likely N-dealkylation sites (N-methyl/N-ethyl adjacent to an activating group) is 1. The second-order valence-electron chi connectivity index (χ2n) is 6.25. The Morgan fingerprint density at radius 3 is 2.95 bits per heavy atom. The molecule has 1 saturated heterocycles. The number of nitrogens with zero attached hydrogens (tertiary/aromatic N) is 3. The zero-order valence-corrected chi connectivity index (χ0v) is 13.3. The maximum absolute atomic E-state index is 12.4. The summed E-state index contributed by atoms with van der Waals surface area (Å²) < 4.78 is 10.7. The minimum absolute atomic E-state index is 0.00504. The van der Waals surface area contributed by atoms with E-state index in [1.807, 2.05) is 0 Å². The highest BCUT2D eigenvalue weighted by atomic mass is 16.5. The number of nitrogens with one attached hydrogen (secondary N) is 1. The fraction of sp³-hybridized carbons (Fsp3) is 0.800. The lowest BCUT2D eigenvalue weighted by molar-refractivity contribution is -0.135. The topological polar surface area (TPSA) is 80.5 Å². The van der Waals surface area contributed by atoms with E-state index >= 15 is 0 Å².